The Labute approximate surface area is 121 Å². The molecule has 4 rings (SSSR count). The molecule has 0 amide bonds. The van der Waals surface area contributed by atoms with Crippen molar-refractivity contribution in [3.8, 4) is 17.3 Å². The third kappa shape index (κ3) is 1.63. The first-order valence-corrected chi connectivity index (χ1v) is 6.96. The van der Waals surface area contributed by atoms with Gasteiger partial charge in [0.1, 0.15) is 6.07 Å². The summed E-state index contributed by atoms with van der Waals surface area (Å²) in [5.41, 5.74) is 5.39. The number of ketones is 1. The maximum atomic E-state index is 12.1. The van der Waals surface area contributed by atoms with Crippen LogP contribution in [0.1, 0.15) is 27.9 Å². The van der Waals surface area contributed by atoms with E-state index in [1.54, 1.807) is 12.1 Å². The van der Waals surface area contributed by atoms with Gasteiger partial charge in [-0.05, 0) is 29.7 Å². The Morgan fingerprint density at radius 3 is 2.62 bits per heavy atom. The lowest BCUT2D eigenvalue weighted by Gasteiger charge is -2.12. The first-order chi connectivity index (χ1) is 10.3. The lowest BCUT2D eigenvalue weighted by Crippen LogP contribution is -2.08. The molecule has 1 aliphatic carbocycles. The summed E-state index contributed by atoms with van der Waals surface area (Å²) in [6, 6.07) is 15.8. The molecule has 1 heterocycles. The molecular formula is C18H12N2O. The Bertz CT molecular complexity index is 914. The standard InChI is InChI=1S/C18H12N2O/c19-10-12-6-7-13-15(21)9-8-14-16(13)18(12)20-17(14)11-4-2-1-3-5-11/h1-7,20H,8-9H2. The SMILES string of the molecule is N#Cc1ccc2c3c(c(-c4ccccc4)[nH]c13)CCC2=O. The number of aromatic nitrogens is 1. The van der Waals surface area contributed by atoms with Gasteiger partial charge in [0.05, 0.1) is 11.1 Å². The smallest absolute Gasteiger partial charge is 0.163 e. The summed E-state index contributed by atoms with van der Waals surface area (Å²) in [7, 11) is 0. The fourth-order valence-corrected chi connectivity index (χ4v) is 3.17. The number of H-pyrrole nitrogens is 1. The second kappa shape index (κ2) is 4.32. The third-order valence-electron chi connectivity index (χ3n) is 4.14. The number of nitrogens with zero attached hydrogens (tertiary/aromatic N) is 1. The molecule has 2 aromatic carbocycles. The normalized spacial score (nSPS) is 13.4. The van der Waals surface area contributed by atoms with E-state index >= 15 is 0 Å². The average molecular weight is 272 g/mol. The Morgan fingerprint density at radius 2 is 1.86 bits per heavy atom. The zero-order valence-corrected chi connectivity index (χ0v) is 11.3. The van der Waals surface area contributed by atoms with Crippen LogP contribution in [-0.2, 0) is 6.42 Å². The Balaban J connectivity index is 2.13. The van der Waals surface area contributed by atoms with Crippen molar-refractivity contribution in [2.45, 2.75) is 12.8 Å². The monoisotopic (exact) mass is 272 g/mol. The van der Waals surface area contributed by atoms with E-state index in [4.69, 9.17) is 0 Å². The van der Waals surface area contributed by atoms with Crippen LogP contribution in [0.15, 0.2) is 42.5 Å². The summed E-state index contributed by atoms with van der Waals surface area (Å²) in [6.45, 7) is 0. The first kappa shape index (κ1) is 11.9. The molecule has 1 N–H and O–H groups in total. The second-order valence-corrected chi connectivity index (χ2v) is 5.29. The highest BCUT2D eigenvalue weighted by Gasteiger charge is 2.25. The Kier molecular flexibility index (Phi) is 2.45. The van der Waals surface area contributed by atoms with Crippen molar-refractivity contribution in [3.05, 3.63) is 59.2 Å². The van der Waals surface area contributed by atoms with Gasteiger partial charge in [0.25, 0.3) is 0 Å². The molecule has 0 aliphatic heterocycles. The van der Waals surface area contributed by atoms with Gasteiger partial charge in [0.15, 0.2) is 5.78 Å². The molecule has 0 saturated carbocycles. The Hall–Kier alpha value is -2.86. The summed E-state index contributed by atoms with van der Waals surface area (Å²) in [4.78, 5) is 15.5. The van der Waals surface area contributed by atoms with Gasteiger partial charge in [-0.25, -0.2) is 0 Å². The van der Waals surface area contributed by atoms with Crippen molar-refractivity contribution in [3.63, 3.8) is 0 Å². The van der Waals surface area contributed by atoms with Crippen LogP contribution in [0.25, 0.3) is 22.2 Å². The number of aryl methyl sites for hydroxylation is 1. The van der Waals surface area contributed by atoms with Crippen molar-refractivity contribution in [1.82, 2.24) is 4.98 Å². The van der Waals surface area contributed by atoms with Gasteiger partial charge in [-0.2, -0.15) is 5.26 Å². The predicted molar refractivity (Wildman–Crippen MR) is 81.1 cm³/mol. The quantitative estimate of drug-likeness (QED) is 0.731. The van der Waals surface area contributed by atoms with Crippen molar-refractivity contribution >= 4 is 16.7 Å². The van der Waals surface area contributed by atoms with Crippen LogP contribution in [0, 0.1) is 11.3 Å². The molecule has 1 aliphatic rings. The fourth-order valence-electron chi connectivity index (χ4n) is 3.17. The highest BCUT2D eigenvalue weighted by atomic mass is 16.1. The number of nitrogens with one attached hydrogen (secondary N) is 1. The number of benzene rings is 2. The molecule has 0 spiro atoms. The van der Waals surface area contributed by atoms with Crippen LogP contribution < -0.4 is 0 Å². The number of hydrogen-bond donors (Lipinski definition) is 1. The minimum absolute atomic E-state index is 0.163. The number of aromatic amines is 1. The number of Topliss-reactive ketones (excluding diaryl/α,β-unsaturated/α-hetero) is 1. The van der Waals surface area contributed by atoms with Crippen molar-refractivity contribution < 1.29 is 4.79 Å². The summed E-state index contributed by atoms with van der Waals surface area (Å²) >= 11 is 0. The summed E-state index contributed by atoms with van der Waals surface area (Å²) in [5, 5.41) is 10.2. The molecule has 3 heteroatoms. The molecule has 3 aromatic rings. The molecule has 0 fully saturated rings. The average Bonchev–Trinajstić information content (AvgIpc) is 2.92. The number of hydrogen-bond acceptors (Lipinski definition) is 2. The molecule has 0 bridgehead atoms. The molecule has 0 radical (unpaired) electrons. The molecule has 0 atom stereocenters. The van der Waals surface area contributed by atoms with E-state index in [2.05, 4.69) is 11.1 Å². The molecule has 0 unspecified atom stereocenters. The van der Waals surface area contributed by atoms with Gasteiger partial charge in [-0.15, -0.1) is 0 Å². The maximum Gasteiger partial charge on any atom is 0.163 e. The van der Waals surface area contributed by atoms with E-state index in [0.717, 1.165) is 39.7 Å². The van der Waals surface area contributed by atoms with Gasteiger partial charge in [-0.1, -0.05) is 30.3 Å². The van der Waals surface area contributed by atoms with E-state index in [1.807, 2.05) is 30.3 Å². The van der Waals surface area contributed by atoms with E-state index in [1.165, 1.54) is 0 Å². The Morgan fingerprint density at radius 1 is 1.05 bits per heavy atom. The number of rotatable bonds is 1. The minimum Gasteiger partial charge on any atom is -0.353 e. The third-order valence-corrected chi connectivity index (χ3v) is 4.14. The highest BCUT2D eigenvalue weighted by Crippen LogP contribution is 2.38. The van der Waals surface area contributed by atoms with Gasteiger partial charge < -0.3 is 4.98 Å². The maximum absolute atomic E-state index is 12.1. The fraction of sp³-hybridized carbons (Fsp3) is 0.111. The number of carbonyl (C=O) groups excluding carboxylic acids is 1. The van der Waals surface area contributed by atoms with Gasteiger partial charge in [0, 0.05) is 23.1 Å². The number of nitriles is 1. The molecule has 1 aromatic heterocycles. The summed E-state index contributed by atoms with van der Waals surface area (Å²) < 4.78 is 0. The van der Waals surface area contributed by atoms with Crippen LogP contribution in [0.4, 0.5) is 0 Å². The summed E-state index contributed by atoms with van der Waals surface area (Å²) in [6.07, 6.45) is 1.26. The van der Waals surface area contributed by atoms with Crippen LogP contribution in [0.5, 0.6) is 0 Å². The molecule has 0 saturated heterocycles. The van der Waals surface area contributed by atoms with Crippen LogP contribution in [0.3, 0.4) is 0 Å². The van der Waals surface area contributed by atoms with E-state index < -0.39 is 0 Å². The topological polar surface area (TPSA) is 56.6 Å². The van der Waals surface area contributed by atoms with E-state index in [-0.39, 0.29) is 5.78 Å². The molecule has 100 valence electrons. The number of carbonyl (C=O) groups is 1. The second-order valence-electron chi connectivity index (χ2n) is 5.29. The van der Waals surface area contributed by atoms with Gasteiger partial charge >= 0.3 is 0 Å². The molecule has 21 heavy (non-hydrogen) atoms. The minimum atomic E-state index is 0.163. The highest BCUT2D eigenvalue weighted by molar-refractivity contribution is 6.13. The van der Waals surface area contributed by atoms with Crippen molar-refractivity contribution in [1.29, 1.82) is 5.26 Å². The lowest BCUT2D eigenvalue weighted by atomic mass is 9.88. The van der Waals surface area contributed by atoms with Crippen LogP contribution in [-0.4, -0.2) is 10.8 Å². The zero-order valence-electron chi connectivity index (χ0n) is 11.3. The van der Waals surface area contributed by atoms with Gasteiger partial charge in [-0.3, -0.25) is 4.79 Å². The predicted octanol–water partition coefficient (Wildman–Crippen LogP) is 3.84. The largest absolute Gasteiger partial charge is 0.353 e. The van der Waals surface area contributed by atoms with Crippen molar-refractivity contribution in [2.24, 2.45) is 0 Å². The zero-order chi connectivity index (χ0) is 14.4. The molecular weight excluding hydrogens is 260 g/mol. The molecule has 3 nitrogen and oxygen atoms in total. The lowest BCUT2D eigenvalue weighted by molar-refractivity contribution is 0.0982. The van der Waals surface area contributed by atoms with E-state index in [0.29, 0.717) is 12.0 Å². The van der Waals surface area contributed by atoms with Crippen LogP contribution in [0.2, 0.25) is 0 Å². The first-order valence-electron chi connectivity index (χ1n) is 6.96. The van der Waals surface area contributed by atoms with Gasteiger partial charge in [0.2, 0.25) is 0 Å². The summed E-state index contributed by atoms with van der Waals surface area (Å²) in [5.74, 6) is 0.163. The van der Waals surface area contributed by atoms with Crippen molar-refractivity contribution in [2.75, 3.05) is 0 Å². The van der Waals surface area contributed by atoms with Crippen LogP contribution >= 0.6 is 0 Å². The van der Waals surface area contributed by atoms with E-state index in [9.17, 15) is 10.1 Å².